The molecule has 2 fully saturated rings. The van der Waals surface area contributed by atoms with Crippen molar-refractivity contribution >= 4 is 23.9 Å². The van der Waals surface area contributed by atoms with Gasteiger partial charge in [0.2, 0.25) is 0 Å². The number of carbonyl (C=O) groups is 3. The van der Waals surface area contributed by atoms with Crippen LogP contribution in [-0.4, -0.2) is 60.8 Å². The second-order valence-electron chi connectivity index (χ2n) is 9.97. The van der Waals surface area contributed by atoms with Gasteiger partial charge in [0.05, 0.1) is 5.69 Å². The van der Waals surface area contributed by atoms with Crippen LogP contribution in [0, 0.1) is 17.5 Å². The number of hydrogen-bond acceptors (Lipinski definition) is 6. The number of carbonyl (C=O) groups excluding carboxylic acids is 3. The summed E-state index contributed by atoms with van der Waals surface area (Å²) >= 11 is 0. The molecule has 4 amide bonds. The van der Waals surface area contributed by atoms with Crippen LogP contribution in [0.1, 0.15) is 49.3 Å². The Morgan fingerprint density at radius 2 is 1.82 bits per heavy atom. The number of hydrogen-bond donors (Lipinski definition) is 2. The number of nitrogens with zero attached hydrogens (tertiary/aromatic N) is 2. The Morgan fingerprint density at radius 1 is 1.03 bits per heavy atom. The van der Waals surface area contributed by atoms with Gasteiger partial charge in [0, 0.05) is 38.0 Å². The summed E-state index contributed by atoms with van der Waals surface area (Å²) in [5, 5.41) is 5.33. The van der Waals surface area contributed by atoms with E-state index in [1.54, 1.807) is 6.07 Å². The molecule has 2 aromatic carbocycles. The van der Waals surface area contributed by atoms with Gasteiger partial charge in [-0.15, -0.1) is 0 Å². The SMILES string of the molecule is O=C1Nc2ccc(F)cc2C2(CCN(CCCCCNC(=O)N3C(=O)OCC3c3ccc(F)c(F)c3)CC2)O1. The van der Waals surface area contributed by atoms with Crippen molar-refractivity contribution in [3.63, 3.8) is 0 Å². The smallest absolute Gasteiger partial charge is 0.418 e. The zero-order valence-electron chi connectivity index (χ0n) is 21.2. The highest BCUT2D eigenvalue weighted by Gasteiger charge is 2.44. The Balaban J connectivity index is 1.04. The molecule has 39 heavy (non-hydrogen) atoms. The van der Waals surface area contributed by atoms with E-state index in [1.165, 1.54) is 18.2 Å². The highest BCUT2D eigenvalue weighted by molar-refractivity contribution is 5.92. The summed E-state index contributed by atoms with van der Waals surface area (Å²) in [6.07, 6.45) is 2.15. The molecule has 1 spiro atoms. The molecule has 3 aliphatic rings. The number of cyclic esters (lactones) is 1. The van der Waals surface area contributed by atoms with Crippen LogP contribution in [0.2, 0.25) is 0 Å². The lowest BCUT2D eigenvalue weighted by atomic mass is 9.82. The molecule has 2 N–H and O–H groups in total. The number of urea groups is 1. The normalized spacial score (nSPS) is 20.3. The first-order valence-corrected chi connectivity index (χ1v) is 13.0. The fourth-order valence-electron chi connectivity index (χ4n) is 5.41. The zero-order valence-corrected chi connectivity index (χ0v) is 21.2. The number of anilines is 1. The van der Waals surface area contributed by atoms with E-state index in [1.807, 2.05) is 0 Å². The molecular weight excluding hydrogens is 517 g/mol. The van der Waals surface area contributed by atoms with Crippen LogP contribution in [-0.2, 0) is 15.1 Å². The third-order valence-corrected chi connectivity index (χ3v) is 7.51. The first kappa shape index (κ1) is 26.8. The molecule has 3 aliphatic heterocycles. The molecule has 5 rings (SSSR count). The maximum absolute atomic E-state index is 13.9. The molecule has 208 valence electrons. The van der Waals surface area contributed by atoms with E-state index in [9.17, 15) is 27.6 Å². The monoisotopic (exact) mass is 546 g/mol. The number of fused-ring (bicyclic) bond motifs is 2. The van der Waals surface area contributed by atoms with Crippen molar-refractivity contribution in [3.8, 4) is 0 Å². The Morgan fingerprint density at radius 3 is 2.59 bits per heavy atom. The van der Waals surface area contributed by atoms with E-state index in [0.717, 1.165) is 36.4 Å². The van der Waals surface area contributed by atoms with Gasteiger partial charge in [0.15, 0.2) is 11.6 Å². The number of unbranched alkanes of at least 4 members (excludes halogenated alkanes) is 2. The van der Waals surface area contributed by atoms with Crippen molar-refractivity contribution in [1.82, 2.24) is 15.1 Å². The number of halogens is 3. The molecule has 3 heterocycles. The third-order valence-electron chi connectivity index (χ3n) is 7.51. The highest BCUT2D eigenvalue weighted by Crippen LogP contribution is 2.43. The fraction of sp³-hybridized carbons (Fsp3) is 0.444. The molecule has 1 unspecified atom stereocenters. The number of ether oxygens (including phenoxy) is 2. The van der Waals surface area contributed by atoms with Gasteiger partial charge in [-0.1, -0.05) is 12.5 Å². The van der Waals surface area contributed by atoms with E-state index in [2.05, 4.69) is 15.5 Å². The van der Waals surface area contributed by atoms with Crippen molar-refractivity contribution in [1.29, 1.82) is 0 Å². The lowest BCUT2D eigenvalue weighted by molar-refractivity contribution is -0.0381. The summed E-state index contributed by atoms with van der Waals surface area (Å²) in [7, 11) is 0. The van der Waals surface area contributed by atoms with Crippen LogP contribution in [0.5, 0.6) is 0 Å². The lowest BCUT2D eigenvalue weighted by Gasteiger charge is -2.44. The summed E-state index contributed by atoms with van der Waals surface area (Å²) in [6.45, 7) is 2.42. The van der Waals surface area contributed by atoms with Gasteiger partial charge >= 0.3 is 18.2 Å². The highest BCUT2D eigenvalue weighted by atomic mass is 19.2. The molecular formula is C27H29F3N4O5. The zero-order chi connectivity index (χ0) is 27.6. The first-order chi connectivity index (χ1) is 18.8. The van der Waals surface area contributed by atoms with Gasteiger partial charge in [0.25, 0.3) is 0 Å². The summed E-state index contributed by atoms with van der Waals surface area (Å²) in [5.41, 5.74) is 0.702. The number of nitrogens with one attached hydrogen (secondary N) is 2. The molecule has 0 radical (unpaired) electrons. The van der Waals surface area contributed by atoms with Crippen LogP contribution in [0.3, 0.4) is 0 Å². The van der Waals surface area contributed by atoms with Gasteiger partial charge in [-0.3, -0.25) is 5.32 Å². The fourth-order valence-corrected chi connectivity index (χ4v) is 5.41. The largest absolute Gasteiger partial charge is 0.446 e. The van der Waals surface area contributed by atoms with Gasteiger partial charge < -0.3 is 19.7 Å². The van der Waals surface area contributed by atoms with E-state index in [4.69, 9.17) is 9.47 Å². The molecule has 2 aromatic rings. The molecule has 0 bridgehead atoms. The van der Waals surface area contributed by atoms with Crippen LogP contribution >= 0.6 is 0 Å². The minimum absolute atomic E-state index is 0.134. The predicted octanol–water partition coefficient (Wildman–Crippen LogP) is 5.03. The minimum atomic E-state index is -1.06. The topological polar surface area (TPSA) is 100 Å². The number of piperidine rings is 1. The number of likely N-dealkylation sites (tertiary alicyclic amines) is 1. The maximum Gasteiger partial charge on any atom is 0.418 e. The van der Waals surface area contributed by atoms with Crippen molar-refractivity contribution in [2.75, 3.05) is 38.1 Å². The average Bonchev–Trinajstić information content (AvgIpc) is 3.30. The van der Waals surface area contributed by atoms with Crippen LogP contribution in [0.4, 0.5) is 33.2 Å². The molecule has 0 saturated carbocycles. The quantitative estimate of drug-likeness (QED) is 0.473. The standard InChI is InChI=1S/C27H29F3N4O5/c28-18-5-7-22-19(15-18)27(39-25(36)32-22)8-12-33(13-9-27)11-3-1-2-10-31-24(35)34-23(16-38-26(34)37)17-4-6-20(29)21(30)14-17/h4-7,14-15,23H,1-3,8-13,16H2,(H,31,35)(H,32,36). The van der Waals surface area contributed by atoms with Crippen molar-refractivity contribution in [3.05, 3.63) is 65.0 Å². The molecule has 0 aromatic heterocycles. The second kappa shape index (κ2) is 11.1. The van der Waals surface area contributed by atoms with Crippen molar-refractivity contribution in [2.24, 2.45) is 0 Å². The van der Waals surface area contributed by atoms with E-state index < -0.39 is 41.5 Å². The molecule has 12 heteroatoms. The molecule has 2 saturated heterocycles. The Kier molecular flexibility index (Phi) is 7.65. The predicted molar refractivity (Wildman–Crippen MR) is 133 cm³/mol. The lowest BCUT2D eigenvalue weighted by Crippen LogP contribution is -2.48. The molecule has 1 atom stereocenters. The van der Waals surface area contributed by atoms with E-state index >= 15 is 0 Å². The maximum atomic E-state index is 13.9. The number of rotatable bonds is 7. The van der Waals surface area contributed by atoms with Gasteiger partial charge in [-0.2, -0.15) is 0 Å². The molecule has 9 nitrogen and oxygen atoms in total. The second-order valence-corrected chi connectivity index (χ2v) is 9.97. The Labute approximate surface area is 223 Å². The van der Waals surface area contributed by atoms with Gasteiger partial charge in [-0.05, 0) is 55.3 Å². The van der Waals surface area contributed by atoms with Crippen molar-refractivity contribution < 1.29 is 37.0 Å². The van der Waals surface area contributed by atoms with E-state index in [-0.39, 0.29) is 18.0 Å². The Hall–Kier alpha value is -3.80. The van der Waals surface area contributed by atoms with Gasteiger partial charge in [-0.25, -0.2) is 32.5 Å². The molecule has 0 aliphatic carbocycles. The summed E-state index contributed by atoms with van der Waals surface area (Å²) in [5.74, 6) is -2.45. The number of amides is 4. The van der Waals surface area contributed by atoms with Crippen LogP contribution in [0.25, 0.3) is 0 Å². The summed E-state index contributed by atoms with van der Waals surface area (Å²) in [6, 6.07) is 6.05. The number of imide groups is 1. The van der Waals surface area contributed by atoms with Gasteiger partial charge in [0.1, 0.15) is 24.1 Å². The first-order valence-electron chi connectivity index (χ1n) is 13.0. The van der Waals surface area contributed by atoms with Crippen LogP contribution in [0.15, 0.2) is 36.4 Å². The third kappa shape index (κ3) is 5.65. The van der Waals surface area contributed by atoms with Crippen LogP contribution < -0.4 is 10.6 Å². The Bertz CT molecular complexity index is 1270. The van der Waals surface area contributed by atoms with Crippen molar-refractivity contribution in [2.45, 2.75) is 43.7 Å². The summed E-state index contributed by atoms with van der Waals surface area (Å²) < 4.78 is 51.4. The minimum Gasteiger partial charge on any atom is -0.446 e. The average molecular weight is 547 g/mol. The number of benzene rings is 2. The summed E-state index contributed by atoms with van der Waals surface area (Å²) in [4.78, 5) is 39.9. The van der Waals surface area contributed by atoms with E-state index in [0.29, 0.717) is 50.1 Å².